The van der Waals surface area contributed by atoms with E-state index in [0.29, 0.717) is 25.6 Å². The molecule has 0 radical (unpaired) electrons. The van der Waals surface area contributed by atoms with E-state index in [-0.39, 0.29) is 18.5 Å². The molecule has 3 rings (SSSR count). The zero-order chi connectivity index (χ0) is 17.6. The summed E-state index contributed by atoms with van der Waals surface area (Å²) >= 11 is 0. The fourth-order valence-electron chi connectivity index (χ4n) is 3.17. The number of urea groups is 1. The predicted molar refractivity (Wildman–Crippen MR) is 95.0 cm³/mol. The van der Waals surface area contributed by atoms with Crippen molar-refractivity contribution in [1.29, 1.82) is 0 Å². The molecule has 0 spiro atoms. The van der Waals surface area contributed by atoms with Gasteiger partial charge >= 0.3 is 6.03 Å². The normalized spacial score (nSPS) is 15.3. The van der Waals surface area contributed by atoms with Crippen LogP contribution >= 0.6 is 0 Å². The Balaban J connectivity index is 1.48. The van der Waals surface area contributed by atoms with Gasteiger partial charge in [-0.2, -0.15) is 0 Å². The van der Waals surface area contributed by atoms with Crippen molar-refractivity contribution in [1.82, 2.24) is 20.7 Å². The topological polar surface area (TPSA) is 86.5 Å². The van der Waals surface area contributed by atoms with E-state index in [1.165, 1.54) is 11.1 Å². The molecule has 0 bridgehead atoms. The van der Waals surface area contributed by atoms with Crippen molar-refractivity contribution in [3.8, 4) is 0 Å². The zero-order valence-electron chi connectivity index (χ0n) is 14.4. The number of likely N-dealkylation sites (tertiary alicyclic amines) is 1. The molecule has 3 amide bonds. The maximum Gasteiger partial charge on any atom is 0.317 e. The average Bonchev–Trinajstić information content (AvgIpc) is 3.08. The first-order valence-corrected chi connectivity index (χ1v) is 8.68. The molecule has 25 heavy (non-hydrogen) atoms. The quantitative estimate of drug-likeness (QED) is 0.726. The second kappa shape index (κ2) is 8.02. The summed E-state index contributed by atoms with van der Waals surface area (Å²) in [6.45, 7) is 3.44. The molecule has 0 unspecified atom stereocenters. The van der Waals surface area contributed by atoms with Crippen molar-refractivity contribution >= 4 is 22.8 Å². The summed E-state index contributed by atoms with van der Waals surface area (Å²) in [5, 5.41) is 3.84. The molecule has 7 heteroatoms. The molecule has 0 saturated carbocycles. The van der Waals surface area contributed by atoms with Crippen LogP contribution < -0.4 is 10.8 Å². The molecule has 2 aromatic rings. The van der Waals surface area contributed by atoms with Crippen LogP contribution in [0.4, 0.5) is 4.79 Å². The standard InChI is InChI=1S/C18H24N4O3/c1-2-25-21-17(23)12-19-18(24)22-9-7-13(8-10-22)16-11-14-5-3-4-6-15(14)20-16/h3-6,11,13,20H,2,7-10,12H2,1H3,(H,19,24)(H,21,23). The van der Waals surface area contributed by atoms with Gasteiger partial charge in [0, 0.05) is 30.2 Å². The molecular weight excluding hydrogens is 320 g/mol. The number of carbonyl (C=O) groups is 2. The number of amides is 3. The highest BCUT2D eigenvalue weighted by atomic mass is 16.6. The highest BCUT2D eigenvalue weighted by molar-refractivity contribution is 5.83. The number of benzene rings is 1. The first-order valence-electron chi connectivity index (χ1n) is 8.68. The van der Waals surface area contributed by atoms with Gasteiger partial charge in [0.25, 0.3) is 5.91 Å². The molecule has 1 aromatic carbocycles. The third-order valence-corrected chi connectivity index (χ3v) is 4.50. The smallest absolute Gasteiger partial charge is 0.317 e. The Kier molecular flexibility index (Phi) is 5.55. The Morgan fingerprint density at radius 3 is 2.76 bits per heavy atom. The number of nitrogens with zero attached hydrogens (tertiary/aromatic N) is 1. The van der Waals surface area contributed by atoms with Crippen LogP contribution in [0.25, 0.3) is 10.9 Å². The molecule has 1 saturated heterocycles. The molecule has 134 valence electrons. The third-order valence-electron chi connectivity index (χ3n) is 4.50. The van der Waals surface area contributed by atoms with Gasteiger partial charge in [0.15, 0.2) is 0 Å². The third kappa shape index (κ3) is 4.30. The molecule has 0 atom stereocenters. The number of hydroxylamine groups is 1. The Morgan fingerprint density at radius 2 is 2.04 bits per heavy atom. The van der Waals surface area contributed by atoms with Crippen molar-refractivity contribution in [2.45, 2.75) is 25.7 Å². The summed E-state index contributed by atoms with van der Waals surface area (Å²) in [6.07, 6.45) is 1.82. The Hall–Kier alpha value is -2.54. The second-order valence-corrected chi connectivity index (χ2v) is 6.19. The van der Waals surface area contributed by atoms with Crippen LogP contribution in [0.1, 0.15) is 31.4 Å². The molecule has 1 aliphatic rings. The van der Waals surface area contributed by atoms with Crippen LogP contribution in [-0.2, 0) is 9.63 Å². The van der Waals surface area contributed by atoms with E-state index in [0.717, 1.165) is 18.4 Å². The van der Waals surface area contributed by atoms with E-state index in [9.17, 15) is 9.59 Å². The first-order chi connectivity index (χ1) is 12.2. The van der Waals surface area contributed by atoms with Crippen molar-refractivity contribution in [3.63, 3.8) is 0 Å². The Bertz CT molecular complexity index is 702. The van der Waals surface area contributed by atoms with E-state index in [1.54, 1.807) is 11.8 Å². The van der Waals surface area contributed by atoms with Gasteiger partial charge in [0.1, 0.15) is 6.54 Å². The maximum absolute atomic E-state index is 12.1. The highest BCUT2D eigenvalue weighted by Gasteiger charge is 2.25. The number of hydrogen-bond acceptors (Lipinski definition) is 3. The fourth-order valence-corrected chi connectivity index (χ4v) is 3.17. The van der Waals surface area contributed by atoms with E-state index < -0.39 is 0 Å². The van der Waals surface area contributed by atoms with Gasteiger partial charge in [-0.25, -0.2) is 10.3 Å². The molecule has 1 aliphatic heterocycles. The van der Waals surface area contributed by atoms with Crippen molar-refractivity contribution in [2.75, 3.05) is 26.2 Å². The number of H-pyrrole nitrogens is 1. The first kappa shape index (κ1) is 17.3. The van der Waals surface area contributed by atoms with E-state index in [1.807, 2.05) is 12.1 Å². The number of aromatic nitrogens is 1. The summed E-state index contributed by atoms with van der Waals surface area (Å²) in [5.41, 5.74) is 4.64. The number of hydrogen-bond donors (Lipinski definition) is 3. The van der Waals surface area contributed by atoms with E-state index in [2.05, 4.69) is 34.0 Å². The monoisotopic (exact) mass is 344 g/mol. The number of aromatic amines is 1. The van der Waals surface area contributed by atoms with Gasteiger partial charge in [-0.15, -0.1) is 0 Å². The van der Waals surface area contributed by atoms with E-state index in [4.69, 9.17) is 4.84 Å². The SMILES string of the molecule is CCONC(=O)CNC(=O)N1CCC(c2cc3ccccc3[nH]2)CC1. The lowest BCUT2D eigenvalue weighted by atomic mass is 9.94. The van der Waals surface area contributed by atoms with Crippen molar-refractivity contribution < 1.29 is 14.4 Å². The lowest BCUT2D eigenvalue weighted by molar-refractivity contribution is -0.132. The lowest BCUT2D eigenvalue weighted by Crippen LogP contribution is -2.47. The number of rotatable bonds is 5. The van der Waals surface area contributed by atoms with Crippen LogP contribution in [0, 0.1) is 0 Å². The summed E-state index contributed by atoms with van der Waals surface area (Å²) in [6, 6.07) is 10.2. The van der Waals surface area contributed by atoms with Crippen LogP contribution in [0.15, 0.2) is 30.3 Å². The van der Waals surface area contributed by atoms with Gasteiger partial charge in [-0.05, 0) is 37.3 Å². The Labute approximate surface area is 146 Å². The van der Waals surface area contributed by atoms with Gasteiger partial charge in [-0.3, -0.25) is 9.63 Å². The van der Waals surface area contributed by atoms with Crippen molar-refractivity contribution in [3.05, 3.63) is 36.0 Å². The molecule has 1 fully saturated rings. The average molecular weight is 344 g/mol. The largest absolute Gasteiger partial charge is 0.358 e. The number of nitrogens with one attached hydrogen (secondary N) is 3. The molecule has 3 N–H and O–H groups in total. The minimum Gasteiger partial charge on any atom is -0.358 e. The molecule has 7 nitrogen and oxygen atoms in total. The summed E-state index contributed by atoms with van der Waals surface area (Å²) < 4.78 is 0. The maximum atomic E-state index is 12.1. The van der Waals surface area contributed by atoms with Crippen LogP contribution in [0.3, 0.4) is 0 Å². The fraction of sp³-hybridized carbons (Fsp3) is 0.444. The van der Waals surface area contributed by atoms with E-state index >= 15 is 0 Å². The summed E-state index contributed by atoms with van der Waals surface area (Å²) in [4.78, 5) is 33.6. The molecular formula is C18H24N4O3. The van der Waals surface area contributed by atoms with Crippen LogP contribution in [-0.4, -0.2) is 48.1 Å². The Morgan fingerprint density at radius 1 is 1.28 bits per heavy atom. The van der Waals surface area contributed by atoms with Gasteiger partial charge in [0.2, 0.25) is 0 Å². The highest BCUT2D eigenvalue weighted by Crippen LogP contribution is 2.29. The number of piperidine rings is 1. The zero-order valence-corrected chi connectivity index (χ0v) is 14.4. The van der Waals surface area contributed by atoms with Gasteiger partial charge in [-0.1, -0.05) is 18.2 Å². The van der Waals surface area contributed by atoms with Crippen molar-refractivity contribution in [2.24, 2.45) is 0 Å². The summed E-state index contributed by atoms with van der Waals surface area (Å²) in [5.74, 6) is 0.0702. The van der Waals surface area contributed by atoms with Crippen LogP contribution in [0.5, 0.6) is 0 Å². The predicted octanol–water partition coefficient (Wildman–Crippen LogP) is 2.12. The lowest BCUT2D eigenvalue weighted by Gasteiger charge is -2.31. The molecule has 1 aromatic heterocycles. The molecule has 0 aliphatic carbocycles. The number of para-hydroxylation sites is 1. The van der Waals surface area contributed by atoms with Gasteiger partial charge < -0.3 is 15.2 Å². The second-order valence-electron chi connectivity index (χ2n) is 6.19. The minimum absolute atomic E-state index is 0.0826. The van der Waals surface area contributed by atoms with Crippen LogP contribution in [0.2, 0.25) is 0 Å². The summed E-state index contributed by atoms with van der Waals surface area (Å²) in [7, 11) is 0. The minimum atomic E-state index is -0.358. The van der Waals surface area contributed by atoms with Gasteiger partial charge in [0.05, 0.1) is 6.61 Å². The number of carbonyl (C=O) groups excluding carboxylic acids is 2. The molecule has 2 heterocycles. The number of fused-ring (bicyclic) bond motifs is 1.